The van der Waals surface area contributed by atoms with Crippen LogP contribution >= 0.6 is 0 Å². The average molecular weight is 193 g/mol. The molecule has 0 amide bonds. The zero-order valence-electron chi connectivity index (χ0n) is 7.09. The normalized spacial score (nSPS) is 39.0. The van der Waals surface area contributed by atoms with Crippen molar-refractivity contribution in [1.29, 1.82) is 0 Å². The van der Waals surface area contributed by atoms with E-state index in [1.807, 2.05) is 0 Å². The van der Waals surface area contributed by atoms with Gasteiger partial charge in [-0.1, -0.05) is 0 Å². The molecule has 1 aliphatic rings. The molecular formula is C7H15NO5. The predicted octanol–water partition coefficient (Wildman–Crippen LogP) is -3.60. The van der Waals surface area contributed by atoms with E-state index < -0.39 is 37.1 Å². The molecule has 1 fully saturated rings. The summed E-state index contributed by atoms with van der Waals surface area (Å²) in [5, 5.41) is 48.4. The highest BCUT2D eigenvalue weighted by molar-refractivity contribution is 5.03. The Labute approximate surface area is 75.4 Å². The number of piperidine rings is 1. The van der Waals surface area contributed by atoms with Crippen molar-refractivity contribution in [2.75, 3.05) is 19.8 Å². The molecule has 0 unspecified atom stereocenters. The van der Waals surface area contributed by atoms with Crippen molar-refractivity contribution in [3.05, 3.63) is 0 Å². The molecule has 0 saturated carbocycles. The molecule has 78 valence electrons. The first-order valence-corrected chi connectivity index (χ1v) is 4.08. The maximum Gasteiger partial charge on any atom is 0.109 e. The van der Waals surface area contributed by atoms with Gasteiger partial charge in [0.05, 0.1) is 24.9 Å². The van der Waals surface area contributed by atoms with Crippen LogP contribution in [0.3, 0.4) is 0 Å². The lowest BCUT2D eigenvalue weighted by Gasteiger charge is -2.44. The van der Waals surface area contributed by atoms with Gasteiger partial charge in [0.15, 0.2) is 0 Å². The lowest BCUT2D eigenvalue weighted by molar-refractivity contribution is -0.143. The maximum absolute atomic E-state index is 9.47. The molecule has 6 heteroatoms. The number of rotatable bonds is 2. The minimum Gasteiger partial charge on any atom is -0.394 e. The van der Waals surface area contributed by atoms with Gasteiger partial charge in [0.2, 0.25) is 0 Å². The fourth-order valence-corrected chi connectivity index (χ4v) is 1.42. The van der Waals surface area contributed by atoms with Gasteiger partial charge in [0, 0.05) is 6.54 Å². The Morgan fingerprint density at radius 1 is 1.15 bits per heavy atom. The van der Waals surface area contributed by atoms with Crippen LogP contribution in [0.15, 0.2) is 0 Å². The summed E-state index contributed by atoms with van der Waals surface area (Å²) < 4.78 is 0. The first-order chi connectivity index (χ1) is 6.07. The fraction of sp³-hybridized carbons (Fsp3) is 1.00. The molecule has 1 saturated heterocycles. The van der Waals surface area contributed by atoms with E-state index in [4.69, 9.17) is 15.3 Å². The summed E-state index contributed by atoms with van der Waals surface area (Å²) in [6.45, 7) is -0.984. The van der Waals surface area contributed by atoms with Crippen LogP contribution in [0.5, 0.6) is 0 Å². The molecular weight excluding hydrogens is 178 g/mol. The molecule has 0 aromatic carbocycles. The minimum absolute atomic E-state index is 0.0271. The number of hydrogen-bond donors (Lipinski definition) is 6. The van der Waals surface area contributed by atoms with Gasteiger partial charge in [-0.05, 0) is 0 Å². The van der Waals surface area contributed by atoms with Crippen molar-refractivity contribution in [1.82, 2.24) is 5.32 Å². The highest BCUT2D eigenvalue weighted by Gasteiger charge is 2.47. The first kappa shape index (κ1) is 10.8. The van der Waals surface area contributed by atoms with Crippen molar-refractivity contribution >= 4 is 0 Å². The summed E-state index contributed by atoms with van der Waals surface area (Å²) >= 11 is 0. The van der Waals surface area contributed by atoms with Crippen molar-refractivity contribution in [3.8, 4) is 0 Å². The SMILES string of the molecule is OCC1(CO)NC[C@H](O)[C@H](O)[C@@H]1O. The van der Waals surface area contributed by atoms with Crippen molar-refractivity contribution in [3.63, 3.8) is 0 Å². The van der Waals surface area contributed by atoms with E-state index >= 15 is 0 Å². The molecule has 0 aromatic rings. The summed E-state index contributed by atoms with van der Waals surface area (Å²) in [4.78, 5) is 0. The second-order valence-electron chi connectivity index (χ2n) is 3.36. The highest BCUT2D eigenvalue weighted by Crippen LogP contribution is 2.19. The third-order valence-electron chi connectivity index (χ3n) is 2.51. The van der Waals surface area contributed by atoms with Crippen molar-refractivity contribution < 1.29 is 25.5 Å². The van der Waals surface area contributed by atoms with E-state index in [1.165, 1.54) is 0 Å². The van der Waals surface area contributed by atoms with Crippen LogP contribution in [0.4, 0.5) is 0 Å². The number of β-amino-alcohol motifs (C(OH)–C–C–N with tert-alkyl or cyclic N) is 1. The largest absolute Gasteiger partial charge is 0.394 e. The molecule has 6 N–H and O–H groups in total. The topological polar surface area (TPSA) is 113 Å². The third kappa shape index (κ3) is 1.69. The van der Waals surface area contributed by atoms with Crippen LogP contribution in [-0.2, 0) is 0 Å². The van der Waals surface area contributed by atoms with Crippen LogP contribution in [0.25, 0.3) is 0 Å². The number of hydrogen-bond acceptors (Lipinski definition) is 6. The number of aliphatic hydroxyl groups is 5. The maximum atomic E-state index is 9.47. The van der Waals surface area contributed by atoms with Gasteiger partial charge in [-0.2, -0.15) is 0 Å². The fourth-order valence-electron chi connectivity index (χ4n) is 1.42. The van der Waals surface area contributed by atoms with Gasteiger partial charge in [0.25, 0.3) is 0 Å². The van der Waals surface area contributed by atoms with E-state index in [-0.39, 0.29) is 6.54 Å². The smallest absolute Gasteiger partial charge is 0.109 e. The Morgan fingerprint density at radius 2 is 1.69 bits per heavy atom. The van der Waals surface area contributed by atoms with E-state index in [0.29, 0.717) is 0 Å². The quantitative estimate of drug-likeness (QED) is 0.270. The number of aliphatic hydroxyl groups excluding tert-OH is 5. The second kappa shape index (κ2) is 3.87. The summed E-state index contributed by atoms with van der Waals surface area (Å²) in [5.74, 6) is 0. The molecule has 0 radical (unpaired) electrons. The standard InChI is InChI=1S/C7H15NO5/c9-2-7(3-10)6(13)5(12)4(11)1-8-7/h4-6,8-13H,1-3H2/t4-,5-,6-/m0/s1. The highest BCUT2D eigenvalue weighted by atomic mass is 16.4. The van der Waals surface area contributed by atoms with Gasteiger partial charge in [0.1, 0.15) is 12.2 Å². The first-order valence-electron chi connectivity index (χ1n) is 4.08. The average Bonchev–Trinajstić information content (AvgIpc) is 2.16. The van der Waals surface area contributed by atoms with E-state index in [2.05, 4.69) is 5.32 Å². The summed E-state index contributed by atoms with van der Waals surface area (Å²) in [7, 11) is 0. The minimum atomic E-state index is -1.38. The van der Waals surface area contributed by atoms with Crippen LogP contribution in [-0.4, -0.2) is 69.1 Å². The van der Waals surface area contributed by atoms with E-state index in [1.54, 1.807) is 0 Å². The Kier molecular flexibility index (Phi) is 3.23. The van der Waals surface area contributed by atoms with Gasteiger partial charge in [-0.3, -0.25) is 0 Å². The molecule has 1 aliphatic heterocycles. The van der Waals surface area contributed by atoms with E-state index in [9.17, 15) is 10.2 Å². The molecule has 1 heterocycles. The molecule has 13 heavy (non-hydrogen) atoms. The van der Waals surface area contributed by atoms with Crippen LogP contribution < -0.4 is 5.32 Å². The molecule has 0 bridgehead atoms. The predicted molar refractivity (Wildman–Crippen MR) is 42.9 cm³/mol. The van der Waals surface area contributed by atoms with E-state index in [0.717, 1.165) is 0 Å². The van der Waals surface area contributed by atoms with Crippen LogP contribution in [0.1, 0.15) is 0 Å². The zero-order valence-corrected chi connectivity index (χ0v) is 7.09. The summed E-state index contributed by atoms with van der Waals surface area (Å²) in [6.07, 6.45) is -3.81. The number of nitrogens with one attached hydrogen (secondary N) is 1. The molecule has 1 rings (SSSR count). The van der Waals surface area contributed by atoms with Gasteiger partial charge in [-0.25, -0.2) is 0 Å². The van der Waals surface area contributed by atoms with Gasteiger partial charge in [-0.15, -0.1) is 0 Å². The Hall–Kier alpha value is -0.240. The Balaban J connectivity index is 2.77. The lowest BCUT2D eigenvalue weighted by atomic mass is 9.84. The third-order valence-corrected chi connectivity index (χ3v) is 2.51. The Bertz CT molecular complexity index is 172. The molecule has 0 spiro atoms. The molecule has 3 atom stereocenters. The molecule has 0 aromatic heterocycles. The molecule has 0 aliphatic carbocycles. The van der Waals surface area contributed by atoms with Gasteiger partial charge < -0.3 is 30.8 Å². The summed E-state index contributed by atoms with van der Waals surface area (Å²) in [6, 6.07) is 0. The van der Waals surface area contributed by atoms with Crippen LogP contribution in [0.2, 0.25) is 0 Å². The van der Waals surface area contributed by atoms with Crippen molar-refractivity contribution in [2.45, 2.75) is 23.9 Å². The monoisotopic (exact) mass is 193 g/mol. The molecule has 6 nitrogen and oxygen atoms in total. The zero-order chi connectivity index (χ0) is 10.1. The Morgan fingerprint density at radius 3 is 2.15 bits per heavy atom. The summed E-state index contributed by atoms with van der Waals surface area (Å²) in [5.41, 5.74) is -1.32. The lowest BCUT2D eigenvalue weighted by Crippen LogP contribution is -2.71. The van der Waals surface area contributed by atoms with Crippen molar-refractivity contribution in [2.24, 2.45) is 0 Å². The second-order valence-corrected chi connectivity index (χ2v) is 3.36. The van der Waals surface area contributed by atoms with Crippen LogP contribution in [0, 0.1) is 0 Å². The van der Waals surface area contributed by atoms with Gasteiger partial charge >= 0.3 is 0 Å².